The van der Waals surface area contributed by atoms with Gasteiger partial charge < -0.3 is 14.2 Å². The molecule has 372 valence electrons. The van der Waals surface area contributed by atoms with Gasteiger partial charge in [0.1, 0.15) is 13.2 Å². The van der Waals surface area contributed by atoms with Crippen molar-refractivity contribution in [3.63, 3.8) is 0 Å². The lowest BCUT2D eigenvalue weighted by Crippen LogP contribution is -2.30. The van der Waals surface area contributed by atoms with E-state index in [1.54, 1.807) is 0 Å². The maximum absolute atomic E-state index is 12.8. The standard InChI is InChI=1S/C59H100O6/c1-4-7-10-13-16-19-22-24-26-28-29-31-32-34-37-40-43-46-49-52-58(61)64-55-56(54-63-57(60)51-48-45-42-39-36-21-18-15-12-9-6-3)65-59(62)53-50-47-44-41-38-35-33-30-27-25-23-20-17-14-11-8-5-2/h7,10,16,19,24-27,29,31,33,35,41,44,56H,4-6,8-9,11-15,17-18,20-23,28,30,32,34,36-40,42-43,45-55H2,1-3H3/b10-7-,19-16-,26-24-,27-25-,31-29-,35-33-,44-41-. The van der Waals surface area contributed by atoms with E-state index in [2.05, 4.69) is 106 Å². The van der Waals surface area contributed by atoms with E-state index in [1.165, 1.54) is 109 Å². The van der Waals surface area contributed by atoms with Gasteiger partial charge in [-0.05, 0) is 89.9 Å². The molecule has 6 heteroatoms. The van der Waals surface area contributed by atoms with Crippen LogP contribution in [0.25, 0.3) is 0 Å². The SMILES string of the molecule is CC/C=C\C/C=C\C/C=C\C/C=C\CCCCCCCCC(=O)OCC(COC(=O)CCCCCCCCCCCCC)OC(=O)CCC/C=C\C/C=C\C/C=C\CCCCCCCC. The fourth-order valence-electron chi connectivity index (χ4n) is 7.33. The first-order chi connectivity index (χ1) is 32.0. The molecule has 6 nitrogen and oxygen atoms in total. The van der Waals surface area contributed by atoms with Crippen molar-refractivity contribution in [3.05, 3.63) is 85.1 Å². The molecule has 0 radical (unpaired) electrons. The molecule has 0 fully saturated rings. The second-order valence-corrected chi connectivity index (χ2v) is 17.8. The van der Waals surface area contributed by atoms with Crippen LogP contribution in [0.3, 0.4) is 0 Å². The molecular weight excluding hydrogens is 805 g/mol. The Balaban J connectivity index is 4.45. The topological polar surface area (TPSA) is 78.9 Å². The Morgan fingerprint density at radius 2 is 0.615 bits per heavy atom. The molecule has 0 aromatic heterocycles. The minimum absolute atomic E-state index is 0.0999. The molecule has 0 aliphatic heterocycles. The quantitative estimate of drug-likeness (QED) is 0.0262. The van der Waals surface area contributed by atoms with Crippen LogP contribution in [0.1, 0.15) is 252 Å². The number of carbonyl (C=O) groups excluding carboxylic acids is 3. The van der Waals surface area contributed by atoms with Crippen molar-refractivity contribution >= 4 is 17.9 Å². The molecule has 0 saturated carbocycles. The summed E-state index contributed by atoms with van der Waals surface area (Å²) in [5.41, 5.74) is 0. The van der Waals surface area contributed by atoms with Gasteiger partial charge in [0, 0.05) is 19.3 Å². The molecule has 0 spiro atoms. The molecule has 0 heterocycles. The lowest BCUT2D eigenvalue weighted by molar-refractivity contribution is -0.167. The second kappa shape index (κ2) is 53.2. The molecule has 0 rings (SSSR count). The minimum Gasteiger partial charge on any atom is -0.462 e. The van der Waals surface area contributed by atoms with Gasteiger partial charge in [0.15, 0.2) is 6.10 Å². The van der Waals surface area contributed by atoms with Crippen LogP contribution < -0.4 is 0 Å². The second-order valence-electron chi connectivity index (χ2n) is 17.8. The average Bonchev–Trinajstić information content (AvgIpc) is 3.30. The Labute approximate surface area is 401 Å². The van der Waals surface area contributed by atoms with E-state index in [1.807, 2.05) is 0 Å². The zero-order valence-corrected chi connectivity index (χ0v) is 42.5. The first-order valence-corrected chi connectivity index (χ1v) is 27.1. The van der Waals surface area contributed by atoms with Gasteiger partial charge in [-0.2, -0.15) is 0 Å². The maximum atomic E-state index is 12.8. The van der Waals surface area contributed by atoms with Gasteiger partial charge in [0.25, 0.3) is 0 Å². The van der Waals surface area contributed by atoms with E-state index < -0.39 is 6.10 Å². The number of hydrogen-bond donors (Lipinski definition) is 0. The zero-order chi connectivity index (χ0) is 47.2. The summed E-state index contributed by atoms with van der Waals surface area (Å²) in [5.74, 6) is -0.966. The van der Waals surface area contributed by atoms with Crippen molar-refractivity contribution < 1.29 is 28.6 Å². The minimum atomic E-state index is -0.807. The Morgan fingerprint density at radius 3 is 0.985 bits per heavy atom. The third kappa shape index (κ3) is 51.4. The molecule has 0 saturated heterocycles. The number of esters is 3. The van der Waals surface area contributed by atoms with Crippen molar-refractivity contribution in [1.82, 2.24) is 0 Å². The van der Waals surface area contributed by atoms with Crippen molar-refractivity contribution in [2.45, 2.75) is 258 Å². The number of rotatable bonds is 48. The Bertz CT molecular complexity index is 1270. The highest BCUT2D eigenvalue weighted by Crippen LogP contribution is 2.14. The van der Waals surface area contributed by atoms with E-state index in [0.717, 1.165) is 96.3 Å². The van der Waals surface area contributed by atoms with E-state index in [0.29, 0.717) is 19.3 Å². The molecule has 0 aliphatic carbocycles. The van der Waals surface area contributed by atoms with Gasteiger partial charge in [0.2, 0.25) is 0 Å². The number of carbonyl (C=O) groups is 3. The molecular formula is C59H100O6. The first kappa shape index (κ1) is 61.6. The van der Waals surface area contributed by atoms with Gasteiger partial charge in [-0.1, -0.05) is 228 Å². The van der Waals surface area contributed by atoms with Gasteiger partial charge in [-0.15, -0.1) is 0 Å². The highest BCUT2D eigenvalue weighted by molar-refractivity contribution is 5.71. The lowest BCUT2D eigenvalue weighted by Gasteiger charge is -2.18. The molecule has 0 aliphatic rings. The smallest absolute Gasteiger partial charge is 0.306 e. The summed E-state index contributed by atoms with van der Waals surface area (Å²) in [6.07, 6.45) is 68.6. The molecule has 0 amide bonds. The molecule has 0 aromatic rings. The lowest BCUT2D eigenvalue weighted by atomic mass is 10.1. The Kier molecular flexibility index (Phi) is 50.4. The van der Waals surface area contributed by atoms with E-state index in [4.69, 9.17) is 14.2 Å². The molecule has 1 unspecified atom stereocenters. The van der Waals surface area contributed by atoms with E-state index in [9.17, 15) is 14.4 Å². The zero-order valence-electron chi connectivity index (χ0n) is 42.5. The predicted octanol–water partition coefficient (Wildman–Crippen LogP) is 18.0. The normalized spacial score (nSPS) is 12.7. The monoisotopic (exact) mass is 905 g/mol. The van der Waals surface area contributed by atoms with Crippen LogP contribution >= 0.6 is 0 Å². The summed E-state index contributed by atoms with van der Waals surface area (Å²) in [7, 11) is 0. The molecule has 0 aromatic carbocycles. The predicted molar refractivity (Wildman–Crippen MR) is 279 cm³/mol. The molecule has 0 N–H and O–H groups in total. The van der Waals surface area contributed by atoms with Gasteiger partial charge in [-0.3, -0.25) is 14.4 Å². The first-order valence-electron chi connectivity index (χ1n) is 27.1. The van der Waals surface area contributed by atoms with Gasteiger partial charge in [-0.25, -0.2) is 0 Å². The van der Waals surface area contributed by atoms with Crippen molar-refractivity contribution in [1.29, 1.82) is 0 Å². The third-order valence-electron chi connectivity index (χ3n) is 11.4. The van der Waals surface area contributed by atoms with E-state index >= 15 is 0 Å². The van der Waals surface area contributed by atoms with Crippen LogP contribution in [0, 0.1) is 0 Å². The summed E-state index contributed by atoms with van der Waals surface area (Å²) in [5, 5.41) is 0. The van der Waals surface area contributed by atoms with Crippen LogP contribution in [0.4, 0.5) is 0 Å². The maximum Gasteiger partial charge on any atom is 0.306 e. The van der Waals surface area contributed by atoms with E-state index in [-0.39, 0.29) is 37.5 Å². The summed E-state index contributed by atoms with van der Waals surface area (Å²) in [6.45, 7) is 6.46. The summed E-state index contributed by atoms with van der Waals surface area (Å²) in [4.78, 5) is 38.0. The summed E-state index contributed by atoms with van der Waals surface area (Å²) >= 11 is 0. The largest absolute Gasteiger partial charge is 0.462 e. The average molecular weight is 905 g/mol. The van der Waals surface area contributed by atoms with Crippen LogP contribution in [-0.2, 0) is 28.6 Å². The van der Waals surface area contributed by atoms with Gasteiger partial charge >= 0.3 is 17.9 Å². The van der Waals surface area contributed by atoms with Crippen molar-refractivity contribution in [2.24, 2.45) is 0 Å². The Morgan fingerprint density at radius 1 is 0.323 bits per heavy atom. The number of unbranched alkanes of at least 4 members (excludes halogenated alkanes) is 23. The van der Waals surface area contributed by atoms with Crippen LogP contribution in [0.2, 0.25) is 0 Å². The summed E-state index contributed by atoms with van der Waals surface area (Å²) < 4.78 is 16.8. The van der Waals surface area contributed by atoms with Gasteiger partial charge in [0.05, 0.1) is 0 Å². The van der Waals surface area contributed by atoms with Crippen molar-refractivity contribution in [3.8, 4) is 0 Å². The fraction of sp³-hybridized carbons (Fsp3) is 0.712. The highest BCUT2D eigenvalue weighted by Gasteiger charge is 2.19. The summed E-state index contributed by atoms with van der Waals surface area (Å²) in [6, 6.07) is 0. The number of allylic oxidation sites excluding steroid dienone is 14. The third-order valence-corrected chi connectivity index (χ3v) is 11.4. The molecule has 1 atom stereocenters. The molecule has 65 heavy (non-hydrogen) atoms. The number of hydrogen-bond acceptors (Lipinski definition) is 6. The molecule has 0 bridgehead atoms. The van der Waals surface area contributed by atoms with Crippen LogP contribution in [-0.4, -0.2) is 37.2 Å². The number of ether oxygens (including phenoxy) is 3. The highest BCUT2D eigenvalue weighted by atomic mass is 16.6. The van der Waals surface area contributed by atoms with Crippen LogP contribution in [0.5, 0.6) is 0 Å². The van der Waals surface area contributed by atoms with Crippen molar-refractivity contribution in [2.75, 3.05) is 13.2 Å². The Hall–Kier alpha value is -3.41. The fourth-order valence-corrected chi connectivity index (χ4v) is 7.33. The van der Waals surface area contributed by atoms with Crippen LogP contribution in [0.15, 0.2) is 85.1 Å².